The molecule has 0 aliphatic carbocycles. The quantitative estimate of drug-likeness (QED) is 0.881. The summed E-state index contributed by atoms with van der Waals surface area (Å²) in [6.07, 6.45) is 4.97. The minimum Gasteiger partial charge on any atom is -0.497 e. The molecule has 2 aromatic rings. The Hall–Kier alpha value is -1.88. The Bertz CT molecular complexity index is 455. The highest BCUT2D eigenvalue weighted by Crippen LogP contribution is 2.13. The van der Waals surface area contributed by atoms with E-state index < -0.39 is 0 Å². The molecule has 0 aliphatic heterocycles. The van der Waals surface area contributed by atoms with Crippen LogP contribution in [0.2, 0.25) is 0 Å². The molecule has 92 valence electrons. The second-order valence-corrected chi connectivity index (χ2v) is 3.01. The molecule has 2 heterocycles. The van der Waals surface area contributed by atoms with Gasteiger partial charge in [-0.3, -0.25) is 0 Å². The summed E-state index contributed by atoms with van der Waals surface area (Å²) in [6.45, 7) is 3.98. The first-order valence-electron chi connectivity index (χ1n) is 5.48. The van der Waals surface area contributed by atoms with Crippen LogP contribution in [-0.4, -0.2) is 27.0 Å². The summed E-state index contributed by atoms with van der Waals surface area (Å²) in [5.41, 5.74) is 0.750. The van der Waals surface area contributed by atoms with Gasteiger partial charge in [-0.25, -0.2) is 9.67 Å². The van der Waals surface area contributed by atoms with Crippen molar-refractivity contribution in [1.82, 2.24) is 14.8 Å². The van der Waals surface area contributed by atoms with Crippen LogP contribution < -0.4 is 4.74 Å². The minimum absolute atomic E-state index is 0.0238. The largest absolute Gasteiger partial charge is 0.497 e. The second kappa shape index (κ2) is 6.65. The molecule has 2 rings (SSSR count). The van der Waals surface area contributed by atoms with Crippen molar-refractivity contribution in [3.63, 3.8) is 0 Å². The number of hydrogen-bond donors (Lipinski definition) is 1. The average molecular weight is 235 g/mol. The number of ether oxygens (including phenoxy) is 1. The molecule has 0 fully saturated rings. The molecule has 0 saturated heterocycles. The lowest BCUT2D eigenvalue weighted by Crippen LogP contribution is -1.97. The standard InChI is InChI=1S/C10H11N3O2.C2H6/c1-15-9-2-3-11-10(4-9)13-6-8(7-14)5-12-13;1-2/h2-6,14H,7H2,1H3;1-2H3. The van der Waals surface area contributed by atoms with Crippen LogP contribution in [-0.2, 0) is 6.61 Å². The van der Waals surface area contributed by atoms with E-state index in [9.17, 15) is 0 Å². The highest BCUT2D eigenvalue weighted by atomic mass is 16.5. The van der Waals surface area contributed by atoms with E-state index in [1.165, 1.54) is 0 Å². The maximum atomic E-state index is 8.90. The topological polar surface area (TPSA) is 60.2 Å². The number of pyridine rings is 1. The first-order chi connectivity index (χ1) is 8.33. The number of aliphatic hydroxyl groups is 1. The molecule has 0 radical (unpaired) electrons. The first kappa shape index (κ1) is 13.2. The van der Waals surface area contributed by atoms with Crippen molar-refractivity contribution in [1.29, 1.82) is 0 Å². The third-order valence-electron chi connectivity index (χ3n) is 2.01. The number of hydrogen-bond acceptors (Lipinski definition) is 4. The molecule has 17 heavy (non-hydrogen) atoms. The lowest BCUT2D eigenvalue weighted by Gasteiger charge is -2.02. The van der Waals surface area contributed by atoms with Gasteiger partial charge in [0.25, 0.3) is 0 Å². The van der Waals surface area contributed by atoms with E-state index in [1.807, 2.05) is 13.8 Å². The van der Waals surface area contributed by atoms with Gasteiger partial charge in [-0.05, 0) is 6.07 Å². The van der Waals surface area contributed by atoms with Crippen molar-refractivity contribution in [2.24, 2.45) is 0 Å². The van der Waals surface area contributed by atoms with Gasteiger partial charge in [0.2, 0.25) is 0 Å². The second-order valence-electron chi connectivity index (χ2n) is 3.01. The van der Waals surface area contributed by atoms with E-state index >= 15 is 0 Å². The van der Waals surface area contributed by atoms with Gasteiger partial charge < -0.3 is 9.84 Å². The summed E-state index contributed by atoms with van der Waals surface area (Å²) in [7, 11) is 1.60. The molecular formula is C12H17N3O2. The molecule has 0 unspecified atom stereocenters. The molecule has 0 saturated carbocycles. The number of aliphatic hydroxyl groups excluding tert-OH is 1. The highest BCUT2D eigenvalue weighted by Gasteiger charge is 2.02. The van der Waals surface area contributed by atoms with Crippen LogP contribution in [0.3, 0.4) is 0 Å². The van der Waals surface area contributed by atoms with E-state index in [0.717, 1.165) is 11.3 Å². The van der Waals surface area contributed by atoms with Crippen molar-refractivity contribution < 1.29 is 9.84 Å². The molecule has 0 spiro atoms. The van der Waals surface area contributed by atoms with Crippen LogP contribution in [0.15, 0.2) is 30.7 Å². The summed E-state index contributed by atoms with van der Waals surface area (Å²) in [5, 5.41) is 13.0. The molecule has 2 aromatic heterocycles. The molecule has 5 nitrogen and oxygen atoms in total. The third kappa shape index (κ3) is 3.29. The number of aromatic nitrogens is 3. The zero-order chi connectivity index (χ0) is 12.7. The molecule has 0 aliphatic rings. The summed E-state index contributed by atoms with van der Waals surface area (Å²) in [4.78, 5) is 4.14. The summed E-state index contributed by atoms with van der Waals surface area (Å²) in [6, 6.07) is 3.54. The normalized spacial score (nSPS) is 9.41. The first-order valence-corrected chi connectivity index (χ1v) is 5.48. The fourth-order valence-corrected chi connectivity index (χ4v) is 1.22. The van der Waals surface area contributed by atoms with Crippen LogP contribution in [0.4, 0.5) is 0 Å². The predicted molar refractivity (Wildman–Crippen MR) is 65.2 cm³/mol. The maximum absolute atomic E-state index is 8.90. The fourth-order valence-electron chi connectivity index (χ4n) is 1.22. The van der Waals surface area contributed by atoms with Gasteiger partial charge in [0.05, 0.1) is 19.9 Å². The molecular weight excluding hydrogens is 218 g/mol. The van der Waals surface area contributed by atoms with E-state index in [4.69, 9.17) is 9.84 Å². The van der Waals surface area contributed by atoms with Gasteiger partial charge in [-0.15, -0.1) is 0 Å². The Balaban J connectivity index is 0.000000686. The van der Waals surface area contributed by atoms with Crippen LogP contribution in [0.5, 0.6) is 5.75 Å². The fraction of sp³-hybridized carbons (Fsp3) is 0.333. The Morgan fingerprint density at radius 1 is 1.41 bits per heavy atom. The zero-order valence-corrected chi connectivity index (χ0v) is 10.3. The molecule has 0 amide bonds. The molecule has 0 aromatic carbocycles. The van der Waals surface area contributed by atoms with E-state index in [1.54, 1.807) is 42.5 Å². The molecule has 5 heteroatoms. The van der Waals surface area contributed by atoms with E-state index in [2.05, 4.69) is 10.1 Å². The summed E-state index contributed by atoms with van der Waals surface area (Å²) in [5.74, 6) is 1.38. The van der Waals surface area contributed by atoms with E-state index in [0.29, 0.717) is 5.82 Å². The number of nitrogens with zero attached hydrogens (tertiary/aromatic N) is 3. The van der Waals surface area contributed by atoms with Gasteiger partial charge in [-0.1, -0.05) is 13.8 Å². The zero-order valence-electron chi connectivity index (χ0n) is 10.3. The Kier molecular flexibility index (Phi) is 5.16. The van der Waals surface area contributed by atoms with Crippen LogP contribution in [0.1, 0.15) is 19.4 Å². The van der Waals surface area contributed by atoms with E-state index in [-0.39, 0.29) is 6.61 Å². The Morgan fingerprint density at radius 3 is 2.76 bits per heavy atom. The maximum Gasteiger partial charge on any atom is 0.156 e. The van der Waals surface area contributed by atoms with Crippen molar-refractivity contribution >= 4 is 0 Å². The van der Waals surface area contributed by atoms with Gasteiger partial charge in [0, 0.05) is 24.0 Å². The van der Waals surface area contributed by atoms with Crippen molar-refractivity contribution in [3.05, 3.63) is 36.3 Å². The summed E-state index contributed by atoms with van der Waals surface area (Å²) < 4.78 is 6.67. The van der Waals surface area contributed by atoms with Crippen LogP contribution in [0, 0.1) is 0 Å². The van der Waals surface area contributed by atoms with Crippen molar-refractivity contribution in [2.45, 2.75) is 20.5 Å². The number of methoxy groups -OCH3 is 1. The molecule has 0 atom stereocenters. The molecule has 0 bridgehead atoms. The SMILES string of the molecule is CC.COc1ccnc(-n2cc(CO)cn2)c1. The van der Waals surface area contributed by atoms with Gasteiger partial charge in [0.15, 0.2) is 5.82 Å². The minimum atomic E-state index is -0.0238. The Labute approximate surface area is 101 Å². The van der Waals surface area contributed by atoms with Crippen LogP contribution in [0.25, 0.3) is 5.82 Å². The van der Waals surface area contributed by atoms with Gasteiger partial charge >= 0.3 is 0 Å². The Morgan fingerprint density at radius 2 is 2.18 bits per heavy atom. The van der Waals surface area contributed by atoms with Crippen LogP contribution >= 0.6 is 0 Å². The van der Waals surface area contributed by atoms with Gasteiger partial charge in [0.1, 0.15) is 5.75 Å². The van der Waals surface area contributed by atoms with Gasteiger partial charge in [-0.2, -0.15) is 5.10 Å². The monoisotopic (exact) mass is 235 g/mol. The number of rotatable bonds is 3. The lowest BCUT2D eigenvalue weighted by atomic mass is 10.4. The predicted octanol–water partition coefficient (Wildman–Crippen LogP) is 1.79. The third-order valence-corrected chi connectivity index (χ3v) is 2.01. The summed E-state index contributed by atoms with van der Waals surface area (Å²) >= 11 is 0. The smallest absolute Gasteiger partial charge is 0.156 e. The molecule has 1 N–H and O–H groups in total. The van der Waals surface area contributed by atoms with Crippen molar-refractivity contribution in [2.75, 3.05) is 7.11 Å². The van der Waals surface area contributed by atoms with Crippen molar-refractivity contribution in [3.8, 4) is 11.6 Å². The average Bonchev–Trinajstić information content (AvgIpc) is 2.90. The lowest BCUT2D eigenvalue weighted by molar-refractivity contribution is 0.282. The highest BCUT2D eigenvalue weighted by molar-refractivity contribution is 5.31.